The average molecular weight is 270 g/mol. The Hall–Kier alpha value is -1.80. The Balaban J connectivity index is 1.86. The van der Waals surface area contributed by atoms with Gasteiger partial charge in [-0.3, -0.25) is 0 Å². The summed E-state index contributed by atoms with van der Waals surface area (Å²) in [6, 6.07) is 16.2. The number of hydrogen-bond donors (Lipinski definition) is 1. The third kappa shape index (κ3) is 4.10. The van der Waals surface area contributed by atoms with Gasteiger partial charge in [0.25, 0.3) is 0 Å². The maximum atomic E-state index is 10.2. The molecule has 2 aromatic rings. The Morgan fingerprint density at radius 2 is 1.75 bits per heavy atom. The summed E-state index contributed by atoms with van der Waals surface area (Å²) in [6.07, 6.45) is 2.10. The second-order valence-corrected chi connectivity index (χ2v) is 5.17. The summed E-state index contributed by atoms with van der Waals surface area (Å²) >= 11 is 0. The van der Waals surface area contributed by atoms with Crippen LogP contribution in [0.2, 0.25) is 0 Å². The molecule has 0 saturated carbocycles. The van der Waals surface area contributed by atoms with Crippen LogP contribution in [0.5, 0.6) is 5.75 Å². The fourth-order valence-corrected chi connectivity index (χ4v) is 2.35. The quantitative estimate of drug-likeness (QED) is 0.870. The van der Waals surface area contributed by atoms with E-state index in [0.29, 0.717) is 6.42 Å². The number of methoxy groups -OCH3 is 1. The van der Waals surface area contributed by atoms with Crippen molar-refractivity contribution in [1.29, 1.82) is 0 Å². The van der Waals surface area contributed by atoms with Crippen molar-refractivity contribution in [1.82, 2.24) is 0 Å². The molecule has 2 nitrogen and oxygen atoms in total. The van der Waals surface area contributed by atoms with Crippen molar-refractivity contribution in [2.75, 3.05) is 7.11 Å². The number of rotatable bonds is 6. The van der Waals surface area contributed by atoms with Gasteiger partial charge in [0.15, 0.2) is 0 Å². The van der Waals surface area contributed by atoms with E-state index in [0.717, 1.165) is 24.2 Å². The molecule has 0 aliphatic rings. The zero-order chi connectivity index (χ0) is 14.4. The van der Waals surface area contributed by atoms with E-state index in [2.05, 4.69) is 25.1 Å². The molecular formula is C18H22O2. The van der Waals surface area contributed by atoms with Gasteiger partial charge in [0.05, 0.1) is 13.2 Å². The predicted octanol–water partition coefficient (Wildman–Crippen LogP) is 3.54. The molecule has 0 saturated heterocycles. The van der Waals surface area contributed by atoms with E-state index >= 15 is 0 Å². The molecule has 0 heterocycles. The molecule has 1 atom stereocenters. The van der Waals surface area contributed by atoms with E-state index < -0.39 is 0 Å². The smallest absolute Gasteiger partial charge is 0.118 e. The van der Waals surface area contributed by atoms with Gasteiger partial charge >= 0.3 is 0 Å². The van der Waals surface area contributed by atoms with Crippen LogP contribution in [0.25, 0.3) is 0 Å². The summed E-state index contributed by atoms with van der Waals surface area (Å²) in [5.41, 5.74) is 3.76. The molecule has 1 N–H and O–H groups in total. The molecular weight excluding hydrogens is 248 g/mol. The van der Waals surface area contributed by atoms with Crippen molar-refractivity contribution in [3.05, 3.63) is 65.2 Å². The van der Waals surface area contributed by atoms with E-state index in [-0.39, 0.29) is 6.10 Å². The van der Waals surface area contributed by atoms with Crippen molar-refractivity contribution in [2.45, 2.75) is 32.3 Å². The van der Waals surface area contributed by atoms with Crippen molar-refractivity contribution < 1.29 is 9.84 Å². The van der Waals surface area contributed by atoms with Gasteiger partial charge in [-0.25, -0.2) is 0 Å². The summed E-state index contributed by atoms with van der Waals surface area (Å²) in [6.45, 7) is 2.12. The summed E-state index contributed by atoms with van der Waals surface area (Å²) in [5, 5.41) is 10.2. The van der Waals surface area contributed by atoms with E-state index in [9.17, 15) is 5.11 Å². The molecule has 0 aliphatic heterocycles. The molecule has 1 unspecified atom stereocenters. The Labute approximate surface area is 121 Å². The van der Waals surface area contributed by atoms with Crippen molar-refractivity contribution in [2.24, 2.45) is 0 Å². The van der Waals surface area contributed by atoms with Crippen LogP contribution < -0.4 is 4.74 Å². The lowest BCUT2D eigenvalue weighted by Crippen LogP contribution is -2.12. The Morgan fingerprint density at radius 1 is 1.05 bits per heavy atom. The van der Waals surface area contributed by atoms with E-state index in [4.69, 9.17) is 4.74 Å². The SMILES string of the molecule is COc1ccc(CC(O)CCc2ccccc2C)cc1. The minimum Gasteiger partial charge on any atom is -0.497 e. The summed E-state index contributed by atoms with van der Waals surface area (Å²) < 4.78 is 5.13. The molecule has 0 aliphatic carbocycles. The molecule has 0 amide bonds. The van der Waals surface area contributed by atoms with Crippen LogP contribution >= 0.6 is 0 Å². The summed E-state index contributed by atoms with van der Waals surface area (Å²) in [4.78, 5) is 0. The first kappa shape index (κ1) is 14.6. The van der Waals surface area contributed by atoms with Gasteiger partial charge < -0.3 is 9.84 Å². The number of aliphatic hydroxyl groups excluding tert-OH is 1. The zero-order valence-corrected chi connectivity index (χ0v) is 12.2. The van der Waals surface area contributed by atoms with Gasteiger partial charge in [-0.05, 0) is 55.0 Å². The van der Waals surface area contributed by atoms with Crippen LogP contribution in [-0.4, -0.2) is 18.3 Å². The van der Waals surface area contributed by atoms with Gasteiger partial charge in [0, 0.05) is 0 Å². The van der Waals surface area contributed by atoms with Gasteiger partial charge in [0.1, 0.15) is 5.75 Å². The lowest BCUT2D eigenvalue weighted by Gasteiger charge is -2.12. The standard InChI is InChI=1S/C18H22O2/c1-14-5-3-4-6-16(14)9-10-17(19)13-15-7-11-18(20-2)12-8-15/h3-8,11-12,17,19H,9-10,13H2,1-2H3. The van der Waals surface area contributed by atoms with Crippen molar-refractivity contribution in [3.8, 4) is 5.75 Å². The minimum atomic E-state index is -0.303. The molecule has 0 aromatic heterocycles. The van der Waals surface area contributed by atoms with Crippen molar-refractivity contribution in [3.63, 3.8) is 0 Å². The van der Waals surface area contributed by atoms with Crippen LogP contribution in [-0.2, 0) is 12.8 Å². The summed E-state index contributed by atoms with van der Waals surface area (Å²) in [7, 11) is 1.66. The highest BCUT2D eigenvalue weighted by Gasteiger charge is 2.07. The molecule has 2 aromatic carbocycles. The number of benzene rings is 2. The third-order valence-electron chi connectivity index (χ3n) is 3.64. The number of ether oxygens (including phenoxy) is 1. The van der Waals surface area contributed by atoms with Crippen molar-refractivity contribution >= 4 is 0 Å². The van der Waals surface area contributed by atoms with Gasteiger partial charge in [-0.15, -0.1) is 0 Å². The lowest BCUT2D eigenvalue weighted by molar-refractivity contribution is 0.165. The Morgan fingerprint density at radius 3 is 2.40 bits per heavy atom. The van der Waals surface area contributed by atoms with Crippen LogP contribution in [0.1, 0.15) is 23.1 Å². The molecule has 106 valence electrons. The Kier molecular flexibility index (Phi) is 5.19. The molecule has 0 fully saturated rings. The number of aryl methyl sites for hydroxylation is 2. The largest absolute Gasteiger partial charge is 0.497 e. The lowest BCUT2D eigenvalue weighted by atomic mass is 9.99. The molecule has 20 heavy (non-hydrogen) atoms. The van der Waals surface area contributed by atoms with Crippen LogP contribution in [0.3, 0.4) is 0 Å². The van der Waals surface area contributed by atoms with E-state index in [1.54, 1.807) is 7.11 Å². The molecule has 2 heteroatoms. The maximum absolute atomic E-state index is 10.2. The first-order valence-corrected chi connectivity index (χ1v) is 7.04. The molecule has 0 spiro atoms. The van der Waals surface area contributed by atoms with Gasteiger partial charge in [-0.1, -0.05) is 36.4 Å². The fourth-order valence-electron chi connectivity index (χ4n) is 2.35. The van der Waals surface area contributed by atoms with Crippen LogP contribution in [0, 0.1) is 6.92 Å². The second kappa shape index (κ2) is 7.11. The van der Waals surface area contributed by atoms with E-state index in [1.165, 1.54) is 11.1 Å². The highest BCUT2D eigenvalue weighted by molar-refractivity contribution is 5.28. The predicted molar refractivity (Wildman–Crippen MR) is 82.2 cm³/mol. The number of aliphatic hydroxyl groups is 1. The topological polar surface area (TPSA) is 29.5 Å². The molecule has 0 bridgehead atoms. The van der Waals surface area contributed by atoms with Crippen LogP contribution in [0.4, 0.5) is 0 Å². The normalized spacial score (nSPS) is 12.2. The molecule has 2 rings (SSSR count). The zero-order valence-electron chi connectivity index (χ0n) is 12.2. The van der Waals surface area contributed by atoms with Gasteiger partial charge in [0.2, 0.25) is 0 Å². The summed E-state index contributed by atoms with van der Waals surface area (Å²) in [5.74, 6) is 0.850. The highest BCUT2D eigenvalue weighted by atomic mass is 16.5. The van der Waals surface area contributed by atoms with E-state index in [1.807, 2.05) is 30.3 Å². The molecule has 0 radical (unpaired) electrons. The first-order chi connectivity index (χ1) is 9.69. The third-order valence-corrected chi connectivity index (χ3v) is 3.64. The fraction of sp³-hybridized carbons (Fsp3) is 0.333. The monoisotopic (exact) mass is 270 g/mol. The highest BCUT2D eigenvalue weighted by Crippen LogP contribution is 2.15. The first-order valence-electron chi connectivity index (χ1n) is 7.04. The Bertz CT molecular complexity index is 531. The van der Waals surface area contributed by atoms with Gasteiger partial charge in [-0.2, -0.15) is 0 Å². The second-order valence-electron chi connectivity index (χ2n) is 5.17. The average Bonchev–Trinajstić information content (AvgIpc) is 2.47. The minimum absolute atomic E-state index is 0.303. The van der Waals surface area contributed by atoms with Crippen LogP contribution in [0.15, 0.2) is 48.5 Å². The maximum Gasteiger partial charge on any atom is 0.118 e. The number of hydrogen-bond acceptors (Lipinski definition) is 2.